The van der Waals surface area contributed by atoms with Crippen LogP contribution in [-0.4, -0.2) is 45.7 Å². The molecule has 0 aliphatic carbocycles. The molecular formula is C27H32N4O5. The van der Waals surface area contributed by atoms with Crippen molar-refractivity contribution >= 4 is 17.8 Å². The Morgan fingerprint density at radius 2 is 1.78 bits per heavy atom. The second kappa shape index (κ2) is 13.2. The Balaban J connectivity index is 1.78. The number of aromatic nitrogens is 2. The smallest absolute Gasteiger partial charge is 0.337 e. The molecule has 190 valence electrons. The summed E-state index contributed by atoms with van der Waals surface area (Å²) in [6.07, 6.45) is 4.68. The molecule has 0 saturated heterocycles. The number of ether oxygens (including phenoxy) is 1. The number of methoxy groups -OCH3 is 1. The van der Waals surface area contributed by atoms with Gasteiger partial charge in [-0.2, -0.15) is 0 Å². The number of nitrogens with zero attached hydrogens (tertiary/aromatic N) is 2. The third-order valence-electron chi connectivity index (χ3n) is 5.79. The minimum atomic E-state index is -0.583. The zero-order chi connectivity index (χ0) is 25.9. The van der Waals surface area contributed by atoms with Gasteiger partial charge in [0.25, 0.3) is 5.91 Å². The topological polar surface area (TPSA) is 123 Å². The van der Waals surface area contributed by atoms with Crippen LogP contribution in [0.5, 0.6) is 0 Å². The molecule has 2 amide bonds. The van der Waals surface area contributed by atoms with E-state index in [2.05, 4.69) is 17.2 Å². The number of aryl methyl sites for hydroxylation is 1. The van der Waals surface area contributed by atoms with Gasteiger partial charge in [-0.25, -0.2) is 15.3 Å². The van der Waals surface area contributed by atoms with Crippen LogP contribution < -0.4 is 10.8 Å². The number of imidazole rings is 1. The zero-order valence-corrected chi connectivity index (χ0v) is 20.6. The van der Waals surface area contributed by atoms with Crippen LogP contribution in [0.3, 0.4) is 0 Å². The van der Waals surface area contributed by atoms with Gasteiger partial charge in [0.1, 0.15) is 11.5 Å². The van der Waals surface area contributed by atoms with Gasteiger partial charge in [-0.05, 0) is 36.1 Å². The molecule has 0 aliphatic heterocycles. The van der Waals surface area contributed by atoms with Gasteiger partial charge in [0.2, 0.25) is 5.91 Å². The average molecular weight is 493 g/mol. The van der Waals surface area contributed by atoms with Gasteiger partial charge in [-0.1, -0.05) is 55.8 Å². The van der Waals surface area contributed by atoms with Crippen LogP contribution in [0, 0.1) is 0 Å². The summed E-state index contributed by atoms with van der Waals surface area (Å²) < 4.78 is 6.69. The van der Waals surface area contributed by atoms with E-state index in [-0.39, 0.29) is 18.0 Å². The van der Waals surface area contributed by atoms with E-state index in [9.17, 15) is 14.4 Å². The lowest BCUT2D eigenvalue weighted by Gasteiger charge is -2.17. The van der Waals surface area contributed by atoms with E-state index in [1.165, 1.54) is 7.11 Å². The van der Waals surface area contributed by atoms with E-state index >= 15 is 0 Å². The number of benzene rings is 2. The summed E-state index contributed by atoms with van der Waals surface area (Å²) in [5.41, 5.74) is 4.27. The SMILES string of the molecule is CCCCc1nc(C(=O)N[C@@H](CC(=O)NO)Cc2ccccc2)cn1Cc1ccc(C(=O)OC)cc1. The first-order valence-corrected chi connectivity index (χ1v) is 11.9. The van der Waals surface area contributed by atoms with Crippen LogP contribution in [0.1, 0.15) is 64.0 Å². The lowest BCUT2D eigenvalue weighted by atomic mass is 10.0. The summed E-state index contributed by atoms with van der Waals surface area (Å²) in [6, 6.07) is 16.1. The molecule has 2 aromatic carbocycles. The predicted octanol–water partition coefficient (Wildman–Crippen LogP) is 3.30. The highest BCUT2D eigenvalue weighted by molar-refractivity contribution is 5.93. The number of carbonyl (C=O) groups is 3. The predicted molar refractivity (Wildman–Crippen MR) is 134 cm³/mol. The molecule has 36 heavy (non-hydrogen) atoms. The Morgan fingerprint density at radius 3 is 2.42 bits per heavy atom. The second-order valence-electron chi connectivity index (χ2n) is 8.56. The van der Waals surface area contributed by atoms with Crippen molar-refractivity contribution in [2.45, 2.75) is 51.6 Å². The number of amides is 2. The maximum absolute atomic E-state index is 13.1. The Labute approximate surface area is 210 Å². The zero-order valence-electron chi connectivity index (χ0n) is 20.6. The molecule has 0 spiro atoms. The number of hydrogen-bond acceptors (Lipinski definition) is 6. The van der Waals surface area contributed by atoms with Gasteiger partial charge in [0.15, 0.2) is 0 Å². The van der Waals surface area contributed by atoms with E-state index in [1.54, 1.807) is 23.8 Å². The number of nitrogens with one attached hydrogen (secondary N) is 2. The first-order chi connectivity index (χ1) is 17.4. The van der Waals surface area contributed by atoms with Gasteiger partial charge in [0.05, 0.1) is 12.7 Å². The molecule has 0 bridgehead atoms. The van der Waals surface area contributed by atoms with Crippen LogP contribution in [0.15, 0.2) is 60.8 Å². The highest BCUT2D eigenvalue weighted by Crippen LogP contribution is 2.14. The molecule has 3 rings (SSSR count). The quantitative estimate of drug-likeness (QED) is 0.203. The molecule has 1 heterocycles. The largest absolute Gasteiger partial charge is 0.465 e. The van der Waals surface area contributed by atoms with Crippen LogP contribution in [0.4, 0.5) is 0 Å². The normalized spacial score (nSPS) is 11.5. The third kappa shape index (κ3) is 7.51. The van der Waals surface area contributed by atoms with Crippen LogP contribution in [0.2, 0.25) is 0 Å². The summed E-state index contributed by atoms with van der Waals surface area (Å²) in [5, 5.41) is 11.9. The molecule has 0 aliphatic rings. The van der Waals surface area contributed by atoms with Crippen LogP contribution >= 0.6 is 0 Å². The number of unbranched alkanes of at least 4 members (excludes halogenated alkanes) is 1. The summed E-state index contributed by atoms with van der Waals surface area (Å²) in [5.74, 6) is -0.585. The Bertz CT molecular complexity index is 1160. The molecule has 9 heteroatoms. The Morgan fingerprint density at radius 1 is 1.06 bits per heavy atom. The summed E-state index contributed by atoms with van der Waals surface area (Å²) in [7, 11) is 1.34. The van der Waals surface area contributed by atoms with E-state index in [4.69, 9.17) is 9.94 Å². The van der Waals surface area contributed by atoms with Crippen molar-refractivity contribution in [1.82, 2.24) is 20.3 Å². The van der Waals surface area contributed by atoms with Gasteiger partial charge in [-0.3, -0.25) is 14.8 Å². The van der Waals surface area contributed by atoms with Crippen molar-refractivity contribution in [3.63, 3.8) is 0 Å². The van der Waals surface area contributed by atoms with Gasteiger partial charge >= 0.3 is 5.97 Å². The van der Waals surface area contributed by atoms with Crippen LogP contribution in [-0.2, 0) is 28.9 Å². The maximum Gasteiger partial charge on any atom is 0.337 e. The molecule has 3 aromatic rings. The molecule has 1 aromatic heterocycles. The Kier molecular flexibility index (Phi) is 9.76. The fourth-order valence-electron chi connectivity index (χ4n) is 3.90. The molecule has 0 fully saturated rings. The number of hydrogen-bond donors (Lipinski definition) is 3. The van der Waals surface area contributed by atoms with Crippen molar-refractivity contribution in [1.29, 1.82) is 0 Å². The first-order valence-electron chi connectivity index (χ1n) is 11.9. The van der Waals surface area contributed by atoms with Gasteiger partial charge < -0.3 is 14.6 Å². The molecule has 0 unspecified atom stereocenters. The van der Waals surface area contributed by atoms with E-state index in [1.807, 2.05) is 47.0 Å². The molecular weight excluding hydrogens is 460 g/mol. The highest BCUT2D eigenvalue weighted by atomic mass is 16.5. The van der Waals surface area contributed by atoms with Gasteiger partial charge in [0, 0.05) is 31.6 Å². The van der Waals surface area contributed by atoms with E-state index < -0.39 is 17.9 Å². The van der Waals surface area contributed by atoms with E-state index in [0.717, 1.165) is 29.8 Å². The van der Waals surface area contributed by atoms with Crippen molar-refractivity contribution in [3.8, 4) is 0 Å². The first kappa shape index (κ1) is 26.6. The second-order valence-corrected chi connectivity index (χ2v) is 8.56. The van der Waals surface area contributed by atoms with Crippen molar-refractivity contribution in [2.24, 2.45) is 0 Å². The average Bonchev–Trinajstić information content (AvgIpc) is 3.30. The Hall–Kier alpha value is -3.98. The lowest BCUT2D eigenvalue weighted by molar-refractivity contribution is -0.129. The van der Waals surface area contributed by atoms with Crippen molar-refractivity contribution < 1.29 is 24.3 Å². The van der Waals surface area contributed by atoms with Gasteiger partial charge in [-0.15, -0.1) is 0 Å². The number of rotatable bonds is 12. The molecule has 9 nitrogen and oxygen atoms in total. The standard InChI is InChI=1S/C27H32N4O5/c1-3-4-10-24-29-23(18-31(24)17-20-11-13-21(14-12-20)27(34)36-2)26(33)28-22(16-25(32)30-35)15-19-8-6-5-7-9-19/h5-9,11-14,18,22,35H,3-4,10,15-17H2,1-2H3,(H,28,33)(H,30,32)/t22-/m1/s1. The summed E-state index contributed by atoms with van der Waals surface area (Å²) >= 11 is 0. The van der Waals surface area contributed by atoms with E-state index in [0.29, 0.717) is 24.9 Å². The lowest BCUT2D eigenvalue weighted by Crippen LogP contribution is -2.40. The highest BCUT2D eigenvalue weighted by Gasteiger charge is 2.21. The minimum Gasteiger partial charge on any atom is -0.465 e. The fraction of sp³-hybridized carbons (Fsp3) is 0.333. The van der Waals surface area contributed by atoms with Crippen molar-refractivity contribution in [2.75, 3.05) is 7.11 Å². The number of hydroxylamine groups is 1. The summed E-state index contributed by atoms with van der Waals surface area (Å²) in [4.78, 5) is 41.3. The molecule has 3 N–H and O–H groups in total. The molecule has 1 atom stereocenters. The summed E-state index contributed by atoms with van der Waals surface area (Å²) in [6.45, 7) is 2.58. The molecule has 0 saturated carbocycles. The number of carbonyl (C=O) groups excluding carboxylic acids is 3. The monoisotopic (exact) mass is 492 g/mol. The van der Waals surface area contributed by atoms with Crippen LogP contribution in [0.25, 0.3) is 0 Å². The maximum atomic E-state index is 13.1. The number of esters is 1. The fourth-order valence-corrected chi connectivity index (χ4v) is 3.90. The third-order valence-corrected chi connectivity index (χ3v) is 5.79. The van der Waals surface area contributed by atoms with Crippen molar-refractivity contribution in [3.05, 3.63) is 89.0 Å². The molecule has 0 radical (unpaired) electrons. The minimum absolute atomic E-state index is 0.0763.